The zero-order chi connectivity index (χ0) is 18.6. The fraction of sp³-hybridized carbons (Fsp3) is 0.167. The predicted molar refractivity (Wildman–Crippen MR) is 102 cm³/mol. The van der Waals surface area contributed by atoms with Crippen LogP contribution in [0, 0.1) is 11.3 Å². The van der Waals surface area contributed by atoms with E-state index in [1.54, 1.807) is 21.4 Å². The van der Waals surface area contributed by atoms with Crippen LogP contribution >= 0.6 is 11.8 Å². The molecule has 0 bridgehead atoms. The number of aromatic nitrogens is 6. The zero-order valence-corrected chi connectivity index (χ0v) is 15.1. The van der Waals surface area contributed by atoms with Gasteiger partial charge in [0, 0.05) is 12.3 Å². The van der Waals surface area contributed by atoms with E-state index in [1.807, 2.05) is 36.4 Å². The minimum absolute atomic E-state index is 0.0939. The van der Waals surface area contributed by atoms with Crippen molar-refractivity contribution in [3.63, 3.8) is 0 Å². The number of tetrazole rings is 1. The van der Waals surface area contributed by atoms with Gasteiger partial charge in [-0.2, -0.15) is 9.94 Å². The lowest BCUT2D eigenvalue weighted by Gasteiger charge is -2.05. The fourth-order valence-corrected chi connectivity index (χ4v) is 3.64. The molecule has 134 valence electrons. The van der Waals surface area contributed by atoms with Gasteiger partial charge in [0.25, 0.3) is 0 Å². The first-order chi connectivity index (χ1) is 13.3. The van der Waals surface area contributed by atoms with Gasteiger partial charge >= 0.3 is 5.69 Å². The van der Waals surface area contributed by atoms with Gasteiger partial charge in [0.15, 0.2) is 0 Å². The maximum absolute atomic E-state index is 12.1. The summed E-state index contributed by atoms with van der Waals surface area (Å²) >= 11 is 1.53. The van der Waals surface area contributed by atoms with Crippen molar-refractivity contribution in [2.45, 2.75) is 18.1 Å². The molecule has 0 saturated carbocycles. The summed E-state index contributed by atoms with van der Waals surface area (Å²) in [5.74, 6) is 0.766. The second kappa shape index (κ2) is 7.47. The number of para-hydroxylation sites is 2. The van der Waals surface area contributed by atoms with Crippen molar-refractivity contribution in [3.05, 3.63) is 64.6 Å². The number of rotatable bonds is 6. The number of aryl methyl sites for hydroxylation is 1. The number of hydrogen-bond donors (Lipinski definition) is 1. The molecule has 0 amide bonds. The van der Waals surface area contributed by atoms with E-state index in [2.05, 4.69) is 26.6 Å². The Balaban J connectivity index is 1.41. The molecule has 0 saturated heterocycles. The molecule has 0 aliphatic heterocycles. The number of nitriles is 1. The highest BCUT2D eigenvalue weighted by Crippen LogP contribution is 2.19. The maximum Gasteiger partial charge on any atom is 0.326 e. The molecule has 1 N–H and O–H groups in total. The van der Waals surface area contributed by atoms with E-state index in [4.69, 9.17) is 5.26 Å². The summed E-state index contributed by atoms with van der Waals surface area (Å²) in [6, 6.07) is 16.8. The van der Waals surface area contributed by atoms with E-state index in [0.717, 1.165) is 28.9 Å². The van der Waals surface area contributed by atoms with E-state index in [1.165, 1.54) is 11.8 Å². The first kappa shape index (κ1) is 17.1. The lowest BCUT2D eigenvalue weighted by atomic mass is 10.2. The van der Waals surface area contributed by atoms with Crippen molar-refractivity contribution in [2.75, 3.05) is 5.75 Å². The largest absolute Gasteiger partial charge is 0.326 e. The van der Waals surface area contributed by atoms with Crippen molar-refractivity contribution in [1.29, 1.82) is 5.26 Å². The van der Waals surface area contributed by atoms with Crippen LogP contribution in [0.15, 0.2) is 58.5 Å². The van der Waals surface area contributed by atoms with Crippen LogP contribution in [0.2, 0.25) is 0 Å². The lowest BCUT2D eigenvalue weighted by Crippen LogP contribution is -2.17. The van der Waals surface area contributed by atoms with Crippen LogP contribution < -0.4 is 5.69 Å². The predicted octanol–water partition coefficient (Wildman–Crippen LogP) is 2.36. The average Bonchev–Trinajstić information content (AvgIpc) is 3.29. The number of aromatic amines is 1. The molecule has 9 heteroatoms. The molecule has 0 atom stereocenters. The van der Waals surface area contributed by atoms with E-state index in [9.17, 15) is 4.79 Å². The number of hydrogen-bond acceptors (Lipinski definition) is 6. The van der Waals surface area contributed by atoms with Crippen molar-refractivity contribution < 1.29 is 0 Å². The third-order valence-electron chi connectivity index (χ3n) is 4.12. The number of fused-ring (bicyclic) bond motifs is 1. The summed E-state index contributed by atoms with van der Waals surface area (Å²) in [6.45, 7) is 0.619. The van der Waals surface area contributed by atoms with Gasteiger partial charge in [-0.25, -0.2) is 4.79 Å². The number of nitrogens with one attached hydrogen (secondary N) is 1. The summed E-state index contributed by atoms with van der Waals surface area (Å²) < 4.78 is 3.39. The molecular formula is C18H15N7OS. The van der Waals surface area contributed by atoms with E-state index >= 15 is 0 Å². The zero-order valence-electron chi connectivity index (χ0n) is 14.2. The second-order valence-electron chi connectivity index (χ2n) is 5.83. The topological polar surface area (TPSA) is 105 Å². The Morgan fingerprint density at radius 1 is 1.15 bits per heavy atom. The molecule has 27 heavy (non-hydrogen) atoms. The maximum atomic E-state index is 12.1. The Kier molecular flexibility index (Phi) is 4.72. The number of imidazole rings is 1. The standard InChI is InChI=1S/C18H15N7OS/c19-12-13-6-8-14(9-7-13)25-18(21-22-23-25)27-11-3-10-24-16-5-2-1-4-15(16)20-17(24)26/h1-2,4-9H,3,10-11H2,(H,20,26). The second-order valence-corrected chi connectivity index (χ2v) is 6.89. The lowest BCUT2D eigenvalue weighted by molar-refractivity contribution is 0.678. The summed E-state index contributed by atoms with van der Waals surface area (Å²) in [4.78, 5) is 15.0. The summed E-state index contributed by atoms with van der Waals surface area (Å²) in [5, 5.41) is 21.4. The molecule has 0 spiro atoms. The van der Waals surface area contributed by atoms with Crippen LogP contribution in [0.1, 0.15) is 12.0 Å². The quantitative estimate of drug-likeness (QED) is 0.408. The van der Waals surface area contributed by atoms with Crippen LogP contribution in [0.3, 0.4) is 0 Å². The summed E-state index contributed by atoms with van der Waals surface area (Å²) in [5.41, 5.74) is 3.05. The third kappa shape index (κ3) is 3.47. The van der Waals surface area contributed by atoms with Gasteiger partial charge in [-0.05, 0) is 53.2 Å². The molecule has 0 aliphatic rings. The van der Waals surface area contributed by atoms with Crippen LogP contribution in [0.25, 0.3) is 16.7 Å². The molecular weight excluding hydrogens is 362 g/mol. The van der Waals surface area contributed by atoms with Gasteiger partial charge in [0.1, 0.15) is 0 Å². The molecule has 0 fully saturated rings. The van der Waals surface area contributed by atoms with Crippen LogP contribution in [-0.4, -0.2) is 35.5 Å². The first-order valence-corrected chi connectivity index (χ1v) is 9.34. The van der Waals surface area contributed by atoms with E-state index in [0.29, 0.717) is 17.3 Å². The van der Waals surface area contributed by atoms with Crippen molar-refractivity contribution in [3.8, 4) is 11.8 Å². The number of H-pyrrole nitrogens is 1. The molecule has 2 heterocycles. The van der Waals surface area contributed by atoms with Gasteiger partial charge < -0.3 is 4.98 Å². The minimum atomic E-state index is -0.0939. The fourth-order valence-electron chi connectivity index (χ4n) is 2.82. The highest BCUT2D eigenvalue weighted by Gasteiger charge is 2.10. The summed E-state index contributed by atoms with van der Waals surface area (Å²) in [6.07, 6.45) is 0.798. The number of benzene rings is 2. The Labute approximate surface area is 158 Å². The minimum Gasteiger partial charge on any atom is -0.306 e. The van der Waals surface area contributed by atoms with E-state index in [-0.39, 0.29) is 5.69 Å². The molecule has 0 aliphatic carbocycles. The van der Waals surface area contributed by atoms with Crippen LogP contribution in [-0.2, 0) is 6.54 Å². The van der Waals surface area contributed by atoms with Gasteiger partial charge in [-0.15, -0.1) is 5.10 Å². The van der Waals surface area contributed by atoms with Crippen LogP contribution in [0.4, 0.5) is 0 Å². The molecule has 8 nitrogen and oxygen atoms in total. The average molecular weight is 377 g/mol. The van der Waals surface area contributed by atoms with E-state index < -0.39 is 0 Å². The Morgan fingerprint density at radius 2 is 1.96 bits per heavy atom. The highest BCUT2D eigenvalue weighted by molar-refractivity contribution is 7.99. The molecule has 0 unspecified atom stereocenters. The van der Waals surface area contributed by atoms with Gasteiger partial charge in [0.2, 0.25) is 5.16 Å². The smallest absolute Gasteiger partial charge is 0.306 e. The summed E-state index contributed by atoms with van der Waals surface area (Å²) in [7, 11) is 0. The third-order valence-corrected chi connectivity index (χ3v) is 5.13. The Morgan fingerprint density at radius 3 is 2.78 bits per heavy atom. The molecule has 2 aromatic carbocycles. The molecule has 0 radical (unpaired) electrons. The SMILES string of the molecule is N#Cc1ccc(-n2nnnc2SCCCn2c(=O)[nH]c3ccccc32)cc1. The van der Waals surface area contributed by atoms with Crippen molar-refractivity contribution in [1.82, 2.24) is 29.8 Å². The number of nitrogens with zero attached hydrogens (tertiary/aromatic N) is 6. The van der Waals surface area contributed by atoms with Gasteiger partial charge in [-0.3, -0.25) is 4.57 Å². The van der Waals surface area contributed by atoms with Gasteiger partial charge in [0.05, 0.1) is 28.4 Å². The van der Waals surface area contributed by atoms with Crippen molar-refractivity contribution in [2.24, 2.45) is 0 Å². The highest BCUT2D eigenvalue weighted by atomic mass is 32.2. The van der Waals surface area contributed by atoms with Crippen LogP contribution in [0.5, 0.6) is 0 Å². The molecule has 4 aromatic rings. The van der Waals surface area contributed by atoms with Gasteiger partial charge in [-0.1, -0.05) is 23.9 Å². The Bertz CT molecular complexity index is 1170. The molecule has 2 aromatic heterocycles. The normalized spacial score (nSPS) is 10.9. The van der Waals surface area contributed by atoms with Crippen molar-refractivity contribution >= 4 is 22.8 Å². The Hall–Kier alpha value is -3.38. The monoisotopic (exact) mass is 377 g/mol. The first-order valence-electron chi connectivity index (χ1n) is 8.35. The number of thioether (sulfide) groups is 1. The molecule has 4 rings (SSSR count).